The van der Waals surface area contributed by atoms with Crippen LogP contribution in [0, 0.1) is 17.3 Å². The van der Waals surface area contributed by atoms with Gasteiger partial charge in [-0.15, -0.1) is 0 Å². The second-order valence-corrected chi connectivity index (χ2v) is 7.97. The Labute approximate surface area is 133 Å². The molecule has 1 atom stereocenters. The molecular formula is C17H29NO4. The van der Waals surface area contributed by atoms with Gasteiger partial charge in [0.25, 0.3) is 0 Å². The van der Waals surface area contributed by atoms with Gasteiger partial charge in [-0.05, 0) is 52.4 Å². The zero-order valence-electron chi connectivity index (χ0n) is 14.2. The number of carboxylic acids is 1. The number of hydrogen-bond donors (Lipinski definition) is 1. The van der Waals surface area contributed by atoms with Crippen molar-refractivity contribution in [1.82, 2.24) is 4.90 Å². The molecule has 1 N–H and O–H groups in total. The minimum Gasteiger partial charge on any atom is -0.481 e. The molecule has 1 spiro atoms. The fourth-order valence-electron chi connectivity index (χ4n) is 3.94. The lowest BCUT2D eigenvalue weighted by Crippen LogP contribution is -2.39. The van der Waals surface area contributed by atoms with E-state index in [1.807, 2.05) is 20.8 Å². The highest BCUT2D eigenvalue weighted by atomic mass is 16.6. The van der Waals surface area contributed by atoms with Crippen molar-refractivity contribution in [3.8, 4) is 0 Å². The monoisotopic (exact) mass is 311 g/mol. The van der Waals surface area contributed by atoms with E-state index in [1.165, 1.54) is 0 Å². The Balaban J connectivity index is 2.10. The Morgan fingerprint density at radius 2 is 1.86 bits per heavy atom. The van der Waals surface area contributed by atoms with Crippen molar-refractivity contribution in [2.75, 3.05) is 13.1 Å². The highest BCUT2D eigenvalue weighted by molar-refractivity contribution is 5.75. The summed E-state index contributed by atoms with van der Waals surface area (Å²) >= 11 is 0. The third-order valence-electron chi connectivity index (χ3n) is 5.28. The molecule has 0 aromatic rings. The molecule has 22 heavy (non-hydrogen) atoms. The first-order chi connectivity index (χ1) is 10.2. The molecule has 126 valence electrons. The summed E-state index contributed by atoms with van der Waals surface area (Å²) in [5.74, 6) is -0.533. The number of likely N-dealkylation sites (tertiary alicyclic amines) is 1. The average molecular weight is 311 g/mol. The molecule has 5 heteroatoms. The molecule has 2 aliphatic rings. The minimum atomic E-state index is -0.777. The molecule has 1 unspecified atom stereocenters. The molecule has 1 heterocycles. The van der Waals surface area contributed by atoms with Crippen molar-refractivity contribution in [2.45, 2.75) is 65.4 Å². The normalized spacial score (nSPS) is 32.3. The Hall–Kier alpha value is -1.26. The minimum absolute atomic E-state index is 0.256. The van der Waals surface area contributed by atoms with E-state index in [2.05, 4.69) is 6.92 Å². The first-order valence-electron chi connectivity index (χ1n) is 8.37. The van der Waals surface area contributed by atoms with Crippen LogP contribution in [0.15, 0.2) is 0 Å². The third-order valence-corrected chi connectivity index (χ3v) is 5.28. The molecule has 5 nitrogen and oxygen atoms in total. The predicted octanol–water partition coefficient (Wildman–Crippen LogP) is 3.52. The second kappa shape index (κ2) is 6.09. The molecule has 1 saturated carbocycles. The van der Waals surface area contributed by atoms with Gasteiger partial charge in [0.1, 0.15) is 5.60 Å². The molecule has 0 bridgehead atoms. The van der Waals surface area contributed by atoms with Gasteiger partial charge in [-0.3, -0.25) is 4.79 Å². The van der Waals surface area contributed by atoms with Crippen LogP contribution in [0.2, 0.25) is 0 Å². The fourth-order valence-corrected chi connectivity index (χ4v) is 3.94. The molecule has 1 amide bonds. The summed E-state index contributed by atoms with van der Waals surface area (Å²) < 4.78 is 5.42. The standard InChI is InChI=1S/C17H29NO4/c1-5-12-6-8-17(9-7-12)11-18(10-13(17)14(19)20)15(21)22-16(2,3)4/h12-13H,5-11H2,1-4H3,(H,19,20). The Morgan fingerprint density at radius 1 is 1.27 bits per heavy atom. The molecule has 1 aliphatic carbocycles. The van der Waals surface area contributed by atoms with Crippen LogP contribution in [0.25, 0.3) is 0 Å². The van der Waals surface area contributed by atoms with E-state index < -0.39 is 17.5 Å². The maximum atomic E-state index is 12.3. The lowest BCUT2D eigenvalue weighted by molar-refractivity contribution is -0.145. The van der Waals surface area contributed by atoms with Crippen molar-refractivity contribution < 1.29 is 19.4 Å². The summed E-state index contributed by atoms with van der Waals surface area (Å²) in [7, 11) is 0. The molecule has 0 radical (unpaired) electrons. The summed E-state index contributed by atoms with van der Waals surface area (Å²) in [6, 6.07) is 0. The van der Waals surface area contributed by atoms with Crippen LogP contribution in [-0.2, 0) is 9.53 Å². The lowest BCUT2D eigenvalue weighted by atomic mass is 9.65. The van der Waals surface area contributed by atoms with Gasteiger partial charge < -0.3 is 14.7 Å². The number of aliphatic carboxylic acids is 1. The van der Waals surface area contributed by atoms with Crippen LogP contribution in [0.4, 0.5) is 4.79 Å². The van der Waals surface area contributed by atoms with Gasteiger partial charge in [0.05, 0.1) is 5.92 Å². The van der Waals surface area contributed by atoms with Crippen molar-refractivity contribution in [3.63, 3.8) is 0 Å². The van der Waals surface area contributed by atoms with Crippen LogP contribution in [-0.4, -0.2) is 40.8 Å². The molecule has 2 fully saturated rings. The summed E-state index contributed by atoms with van der Waals surface area (Å²) in [5, 5.41) is 9.61. The van der Waals surface area contributed by atoms with Gasteiger partial charge in [-0.25, -0.2) is 4.79 Å². The SMILES string of the molecule is CCC1CCC2(CC1)CN(C(=O)OC(C)(C)C)CC2C(=O)O. The number of ether oxygens (including phenoxy) is 1. The predicted molar refractivity (Wildman–Crippen MR) is 83.6 cm³/mol. The first-order valence-corrected chi connectivity index (χ1v) is 8.37. The first kappa shape index (κ1) is 17.1. The Kier molecular flexibility index (Phi) is 4.73. The fraction of sp³-hybridized carbons (Fsp3) is 0.882. The van der Waals surface area contributed by atoms with Crippen LogP contribution in [0.1, 0.15) is 59.8 Å². The number of carboxylic acid groups (broad SMARTS) is 1. The van der Waals surface area contributed by atoms with Crippen molar-refractivity contribution in [2.24, 2.45) is 17.3 Å². The Morgan fingerprint density at radius 3 is 2.32 bits per heavy atom. The summed E-state index contributed by atoms with van der Waals surface area (Å²) in [6.45, 7) is 8.49. The molecule has 0 aromatic heterocycles. The summed E-state index contributed by atoms with van der Waals surface area (Å²) in [4.78, 5) is 25.6. The van der Waals surface area contributed by atoms with Crippen molar-refractivity contribution >= 4 is 12.1 Å². The van der Waals surface area contributed by atoms with Gasteiger partial charge in [0.2, 0.25) is 0 Å². The zero-order valence-corrected chi connectivity index (χ0v) is 14.2. The maximum absolute atomic E-state index is 12.3. The van der Waals surface area contributed by atoms with E-state index in [0.29, 0.717) is 12.5 Å². The maximum Gasteiger partial charge on any atom is 0.410 e. The van der Waals surface area contributed by atoms with Gasteiger partial charge in [0.15, 0.2) is 0 Å². The van der Waals surface area contributed by atoms with E-state index >= 15 is 0 Å². The number of rotatable bonds is 2. The van der Waals surface area contributed by atoms with Crippen molar-refractivity contribution in [1.29, 1.82) is 0 Å². The number of carbonyl (C=O) groups excluding carboxylic acids is 1. The van der Waals surface area contributed by atoms with Crippen LogP contribution < -0.4 is 0 Å². The van der Waals surface area contributed by atoms with Crippen LogP contribution in [0.5, 0.6) is 0 Å². The highest BCUT2D eigenvalue weighted by Gasteiger charge is 2.53. The summed E-state index contributed by atoms with van der Waals surface area (Å²) in [6.07, 6.45) is 4.73. The number of amides is 1. The summed E-state index contributed by atoms with van der Waals surface area (Å²) in [5.41, 5.74) is -0.806. The van der Waals surface area contributed by atoms with Gasteiger partial charge in [0, 0.05) is 18.5 Å². The number of hydrogen-bond acceptors (Lipinski definition) is 3. The average Bonchev–Trinajstić information content (AvgIpc) is 2.78. The second-order valence-electron chi connectivity index (χ2n) is 7.97. The lowest BCUT2D eigenvalue weighted by Gasteiger charge is -2.39. The van der Waals surface area contributed by atoms with Gasteiger partial charge in [-0.1, -0.05) is 13.3 Å². The third kappa shape index (κ3) is 3.55. The van der Waals surface area contributed by atoms with E-state index in [1.54, 1.807) is 4.90 Å². The highest BCUT2D eigenvalue weighted by Crippen LogP contribution is 2.49. The van der Waals surface area contributed by atoms with E-state index in [0.717, 1.165) is 32.1 Å². The molecule has 1 saturated heterocycles. The smallest absolute Gasteiger partial charge is 0.410 e. The molecular weight excluding hydrogens is 282 g/mol. The van der Waals surface area contributed by atoms with Crippen LogP contribution >= 0.6 is 0 Å². The molecule has 0 aromatic carbocycles. The number of carbonyl (C=O) groups is 2. The Bertz CT molecular complexity index is 432. The largest absolute Gasteiger partial charge is 0.481 e. The van der Waals surface area contributed by atoms with E-state index in [-0.39, 0.29) is 18.1 Å². The van der Waals surface area contributed by atoms with E-state index in [9.17, 15) is 14.7 Å². The zero-order chi connectivity index (χ0) is 16.5. The topological polar surface area (TPSA) is 66.8 Å². The van der Waals surface area contributed by atoms with E-state index in [4.69, 9.17) is 4.74 Å². The van der Waals surface area contributed by atoms with Gasteiger partial charge in [-0.2, -0.15) is 0 Å². The van der Waals surface area contributed by atoms with Crippen LogP contribution in [0.3, 0.4) is 0 Å². The molecule has 1 aliphatic heterocycles. The molecule has 2 rings (SSSR count). The van der Waals surface area contributed by atoms with Crippen molar-refractivity contribution in [3.05, 3.63) is 0 Å². The van der Waals surface area contributed by atoms with Gasteiger partial charge >= 0.3 is 12.1 Å². The quantitative estimate of drug-likeness (QED) is 0.847. The number of nitrogens with zero attached hydrogens (tertiary/aromatic N) is 1.